The molecular formula is C23H25ClN4. The molecule has 4 nitrogen and oxygen atoms in total. The molecule has 4 rings (SSSR count). The number of hydrogen-bond acceptors (Lipinski definition) is 4. The van der Waals surface area contributed by atoms with E-state index in [1.807, 2.05) is 36.4 Å². The zero-order valence-corrected chi connectivity index (χ0v) is 16.8. The van der Waals surface area contributed by atoms with Crippen LogP contribution in [-0.4, -0.2) is 22.1 Å². The topological polar surface area (TPSA) is 63.8 Å². The summed E-state index contributed by atoms with van der Waals surface area (Å²) < 4.78 is 0. The van der Waals surface area contributed by atoms with E-state index in [1.54, 1.807) is 0 Å². The first-order valence-corrected chi connectivity index (χ1v) is 10.2. The summed E-state index contributed by atoms with van der Waals surface area (Å²) >= 11 is 5.96. The number of aromatic nitrogens is 2. The highest BCUT2D eigenvalue weighted by Crippen LogP contribution is 2.26. The van der Waals surface area contributed by atoms with Gasteiger partial charge in [0.05, 0.1) is 5.52 Å². The number of fused-ring (bicyclic) bond motifs is 1. The van der Waals surface area contributed by atoms with Crippen molar-refractivity contribution in [3.05, 3.63) is 64.4 Å². The van der Waals surface area contributed by atoms with E-state index >= 15 is 0 Å². The number of nitrogens with two attached hydrogens (primary N) is 1. The first-order chi connectivity index (χ1) is 13.6. The third-order valence-corrected chi connectivity index (χ3v) is 5.47. The molecule has 0 amide bonds. The second kappa shape index (κ2) is 8.29. The molecule has 0 unspecified atom stereocenters. The van der Waals surface area contributed by atoms with Crippen molar-refractivity contribution in [3.63, 3.8) is 0 Å². The van der Waals surface area contributed by atoms with Crippen LogP contribution in [0.2, 0.25) is 5.02 Å². The highest BCUT2D eigenvalue weighted by atomic mass is 35.5. The van der Waals surface area contributed by atoms with Crippen molar-refractivity contribution in [1.29, 1.82) is 0 Å². The molecule has 3 N–H and O–H groups in total. The second-order valence-electron chi connectivity index (χ2n) is 7.60. The van der Waals surface area contributed by atoms with E-state index < -0.39 is 0 Å². The molecule has 1 heterocycles. The van der Waals surface area contributed by atoms with Gasteiger partial charge in [-0.25, -0.2) is 9.97 Å². The number of benzene rings is 2. The van der Waals surface area contributed by atoms with Gasteiger partial charge in [0.15, 0.2) is 5.82 Å². The second-order valence-corrected chi connectivity index (χ2v) is 8.04. The maximum atomic E-state index is 6.17. The van der Waals surface area contributed by atoms with Crippen molar-refractivity contribution >= 4 is 40.5 Å². The van der Waals surface area contributed by atoms with Crippen LogP contribution in [0.4, 0.5) is 5.82 Å². The number of rotatable bonds is 4. The van der Waals surface area contributed by atoms with Crippen LogP contribution in [0.25, 0.3) is 23.1 Å². The Morgan fingerprint density at radius 3 is 2.68 bits per heavy atom. The van der Waals surface area contributed by atoms with E-state index in [2.05, 4.69) is 30.4 Å². The van der Waals surface area contributed by atoms with E-state index in [4.69, 9.17) is 27.3 Å². The molecule has 1 aliphatic carbocycles. The first kappa shape index (κ1) is 18.9. The van der Waals surface area contributed by atoms with Gasteiger partial charge >= 0.3 is 0 Å². The van der Waals surface area contributed by atoms with Gasteiger partial charge in [-0.2, -0.15) is 0 Å². The highest BCUT2D eigenvalue weighted by molar-refractivity contribution is 6.30. The van der Waals surface area contributed by atoms with E-state index in [9.17, 15) is 0 Å². The van der Waals surface area contributed by atoms with E-state index in [0.717, 1.165) is 53.0 Å². The lowest BCUT2D eigenvalue weighted by Crippen LogP contribution is -2.35. The third kappa shape index (κ3) is 4.51. The number of halogens is 1. The fourth-order valence-electron chi connectivity index (χ4n) is 3.74. The van der Waals surface area contributed by atoms with Gasteiger partial charge in [0, 0.05) is 22.5 Å². The largest absolute Gasteiger partial charge is 0.367 e. The van der Waals surface area contributed by atoms with Gasteiger partial charge in [-0.05, 0) is 68.5 Å². The summed E-state index contributed by atoms with van der Waals surface area (Å²) in [5.41, 5.74) is 9.38. The normalized spacial score (nSPS) is 20.0. The number of nitrogens with one attached hydrogen (secondary N) is 1. The van der Waals surface area contributed by atoms with Crippen LogP contribution in [0, 0.1) is 6.92 Å². The first-order valence-electron chi connectivity index (χ1n) is 9.81. The fraction of sp³-hybridized carbons (Fsp3) is 0.304. The molecule has 1 aliphatic rings. The van der Waals surface area contributed by atoms with Crippen LogP contribution >= 0.6 is 11.6 Å². The van der Waals surface area contributed by atoms with E-state index in [0.29, 0.717) is 11.9 Å². The number of nitrogens with zero attached hydrogens (tertiary/aromatic N) is 2. The predicted molar refractivity (Wildman–Crippen MR) is 119 cm³/mol. The van der Waals surface area contributed by atoms with E-state index in [1.165, 1.54) is 5.56 Å². The average molecular weight is 393 g/mol. The molecular weight excluding hydrogens is 368 g/mol. The minimum Gasteiger partial charge on any atom is -0.367 e. The summed E-state index contributed by atoms with van der Waals surface area (Å²) in [6.45, 7) is 2.09. The van der Waals surface area contributed by atoms with Crippen molar-refractivity contribution in [1.82, 2.24) is 9.97 Å². The third-order valence-electron chi connectivity index (χ3n) is 5.22. The molecule has 0 saturated heterocycles. The lowest BCUT2D eigenvalue weighted by molar-refractivity contribution is 0.409. The molecule has 1 saturated carbocycles. The highest BCUT2D eigenvalue weighted by Gasteiger charge is 2.20. The number of aryl methyl sites for hydroxylation is 1. The Balaban J connectivity index is 1.67. The van der Waals surface area contributed by atoms with Gasteiger partial charge in [-0.15, -0.1) is 0 Å². The molecule has 0 aliphatic heterocycles. The summed E-state index contributed by atoms with van der Waals surface area (Å²) in [4.78, 5) is 9.55. The minimum absolute atomic E-state index is 0.269. The van der Waals surface area contributed by atoms with Gasteiger partial charge in [0.1, 0.15) is 5.82 Å². The standard InChI is InChI=1S/C23H25ClN4/c1-15-5-11-21-20(13-15)23(26-19-4-2-3-18(25)14-19)28-22(27-21)12-8-16-6-9-17(24)10-7-16/h5-13,18-19H,2-4,14,25H2,1H3,(H,26,27,28)/t18-,19-/m0/s1. The van der Waals surface area contributed by atoms with Crippen molar-refractivity contribution in [2.24, 2.45) is 5.73 Å². The molecule has 0 radical (unpaired) electrons. The fourth-order valence-corrected chi connectivity index (χ4v) is 3.87. The molecule has 5 heteroatoms. The molecule has 2 aromatic carbocycles. The van der Waals surface area contributed by atoms with Gasteiger partial charge in [0.2, 0.25) is 0 Å². The molecule has 0 bridgehead atoms. The Morgan fingerprint density at radius 1 is 1.07 bits per heavy atom. The quantitative estimate of drug-likeness (QED) is 0.620. The lowest BCUT2D eigenvalue weighted by Gasteiger charge is -2.28. The van der Waals surface area contributed by atoms with Gasteiger partial charge in [-0.1, -0.05) is 41.4 Å². The zero-order chi connectivity index (χ0) is 19.5. The van der Waals surface area contributed by atoms with Crippen molar-refractivity contribution < 1.29 is 0 Å². The summed E-state index contributed by atoms with van der Waals surface area (Å²) in [6, 6.07) is 14.6. The maximum Gasteiger partial charge on any atom is 0.154 e. The molecule has 1 fully saturated rings. The van der Waals surface area contributed by atoms with Crippen LogP contribution in [-0.2, 0) is 0 Å². The Morgan fingerprint density at radius 2 is 1.89 bits per heavy atom. The van der Waals surface area contributed by atoms with Crippen molar-refractivity contribution in [2.45, 2.75) is 44.7 Å². The predicted octanol–water partition coefficient (Wildman–Crippen LogP) is 5.44. The Bertz CT molecular complexity index is 997. The summed E-state index contributed by atoms with van der Waals surface area (Å²) in [7, 11) is 0. The van der Waals surface area contributed by atoms with Gasteiger partial charge in [-0.3, -0.25) is 0 Å². The van der Waals surface area contributed by atoms with Crippen LogP contribution in [0.5, 0.6) is 0 Å². The molecule has 3 aromatic rings. The Hall–Kier alpha value is -2.43. The summed E-state index contributed by atoms with van der Waals surface area (Å²) in [5, 5.41) is 5.43. The smallest absolute Gasteiger partial charge is 0.154 e. The van der Waals surface area contributed by atoms with Gasteiger partial charge < -0.3 is 11.1 Å². The van der Waals surface area contributed by atoms with Crippen LogP contribution in [0.15, 0.2) is 42.5 Å². The zero-order valence-electron chi connectivity index (χ0n) is 16.0. The van der Waals surface area contributed by atoms with Crippen LogP contribution in [0.3, 0.4) is 0 Å². The SMILES string of the molecule is Cc1ccc2nc(C=Cc3ccc(Cl)cc3)nc(N[C@H]3CCC[C@H](N)C3)c2c1. The molecule has 144 valence electrons. The van der Waals surface area contributed by atoms with Crippen molar-refractivity contribution in [2.75, 3.05) is 5.32 Å². The van der Waals surface area contributed by atoms with Crippen LogP contribution in [0.1, 0.15) is 42.6 Å². The average Bonchev–Trinajstić information content (AvgIpc) is 2.68. The molecule has 1 aromatic heterocycles. The Kier molecular flexibility index (Phi) is 5.60. The van der Waals surface area contributed by atoms with Gasteiger partial charge in [0.25, 0.3) is 0 Å². The van der Waals surface area contributed by atoms with Crippen LogP contribution < -0.4 is 11.1 Å². The summed E-state index contributed by atoms with van der Waals surface area (Å²) in [5.74, 6) is 1.58. The van der Waals surface area contributed by atoms with E-state index in [-0.39, 0.29) is 6.04 Å². The monoisotopic (exact) mass is 392 g/mol. The van der Waals surface area contributed by atoms with Crippen molar-refractivity contribution in [3.8, 4) is 0 Å². The molecule has 2 atom stereocenters. The number of anilines is 1. The minimum atomic E-state index is 0.269. The molecule has 28 heavy (non-hydrogen) atoms. The number of hydrogen-bond donors (Lipinski definition) is 2. The Labute approximate surface area is 170 Å². The summed E-state index contributed by atoms with van der Waals surface area (Å²) in [6.07, 6.45) is 8.32. The lowest BCUT2D eigenvalue weighted by atomic mass is 9.91. The molecule has 0 spiro atoms. The maximum absolute atomic E-state index is 6.17.